The molecule has 2 unspecified atom stereocenters. The summed E-state index contributed by atoms with van der Waals surface area (Å²) in [6, 6.07) is 10.6. The summed E-state index contributed by atoms with van der Waals surface area (Å²) in [5.41, 5.74) is 7.25. The Morgan fingerprint density at radius 2 is 1.85 bits per heavy atom. The van der Waals surface area contributed by atoms with Crippen LogP contribution >= 0.6 is 0 Å². The molecular formula is C27H45N3O3. The van der Waals surface area contributed by atoms with Crippen LogP contribution in [0.2, 0.25) is 0 Å². The Morgan fingerprint density at radius 1 is 1.09 bits per heavy atom. The van der Waals surface area contributed by atoms with Crippen molar-refractivity contribution in [1.29, 1.82) is 0 Å². The lowest BCUT2D eigenvalue weighted by Crippen LogP contribution is -2.51. The van der Waals surface area contributed by atoms with Gasteiger partial charge in [-0.3, -0.25) is 0 Å². The monoisotopic (exact) mass is 459 g/mol. The molecule has 6 nitrogen and oxygen atoms in total. The van der Waals surface area contributed by atoms with Crippen molar-refractivity contribution in [2.24, 2.45) is 17.6 Å². The normalized spacial score (nSPS) is 21.5. The zero-order valence-corrected chi connectivity index (χ0v) is 20.6. The molecule has 0 radical (unpaired) electrons. The minimum Gasteiger partial charge on any atom is -0.385 e. The Bertz CT molecular complexity index is 666. The highest BCUT2D eigenvalue weighted by Gasteiger charge is 2.32. The largest absolute Gasteiger partial charge is 0.385 e. The number of nitrogens with zero attached hydrogens (tertiary/aromatic N) is 1. The molecule has 1 saturated heterocycles. The number of amides is 2. The Hall–Kier alpha value is -1.63. The van der Waals surface area contributed by atoms with Crippen LogP contribution in [-0.4, -0.2) is 56.9 Å². The predicted octanol–water partition coefficient (Wildman–Crippen LogP) is 4.89. The molecule has 3 rings (SSSR count). The van der Waals surface area contributed by atoms with Crippen molar-refractivity contribution in [3.05, 3.63) is 35.9 Å². The zero-order chi connectivity index (χ0) is 23.3. The third-order valence-corrected chi connectivity index (χ3v) is 7.30. The first-order valence-corrected chi connectivity index (χ1v) is 13.1. The molecule has 0 aromatic heterocycles. The van der Waals surface area contributed by atoms with Crippen LogP contribution in [-0.2, 0) is 9.47 Å². The van der Waals surface area contributed by atoms with Crippen molar-refractivity contribution < 1.29 is 14.3 Å². The minimum atomic E-state index is 0.0110. The lowest BCUT2D eigenvalue weighted by Gasteiger charge is -2.38. The van der Waals surface area contributed by atoms with E-state index in [1.165, 1.54) is 37.7 Å². The van der Waals surface area contributed by atoms with E-state index in [0.29, 0.717) is 25.0 Å². The third kappa shape index (κ3) is 8.58. The summed E-state index contributed by atoms with van der Waals surface area (Å²) in [4.78, 5) is 15.1. The minimum absolute atomic E-state index is 0.0110. The first kappa shape index (κ1) is 26.0. The number of nitrogens with two attached hydrogens (primary N) is 1. The summed E-state index contributed by atoms with van der Waals surface area (Å²) in [5.74, 6) is 1.000. The van der Waals surface area contributed by atoms with Crippen LogP contribution in [0.4, 0.5) is 4.79 Å². The van der Waals surface area contributed by atoms with Gasteiger partial charge in [0.2, 0.25) is 0 Å². The molecule has 33 heavy (non-hydrogen) atoms. The van der Waals surface area contributed by atoms with Crippen LogP contribution in [0.3, 0.4) is 0 Å². The number of ether oxygens (including phenoxy) is 2. The summed E-state index contributed by atoms with van der Waals surface area (Å²) in [6.07, 6.45) is 11.6. The number of nitrogens with one attached hydrogen (secondary N) is 1. The number of rotatable bonds is 12. The second kappa shape index (κ2) is 14.6. The molecule has 1 aromatic carbocycles. The van der Waals surface area contributed by atoms with Gasteiger partial charge in [-0.1, -0.05) is 62.4 Å². The number of unbranched alkanes of at least 4 members (excludes halogenated alkanes) is 1. The van der Waals surface area contributed by atoms with Gasteiger partial charge in [0.05, 0.1) is 6.10 Å². The molecule has 2 aliphatic rings. The van der Waals surface area contributed by atoms with Gasteiger partial charge in [-0.15, -0.1) is 0 Å². The summed E-state index contributed by atoms with van der Waals surface area (Å²) in [7, 11) is 1.74. The number of benzene rings is 1. The van der Waals surface area contributed by atoms with Crippen molar-refractivity contribution in [3.63, 3.8) is 0 Å². The van der Waals surface area contributed by atoms with Gasteiger partial charge in [0.15, 0.2) is 0 Å². The summed E-state index contributed by atoms with van der Waals surface area (Å²) in [5, 5.41) is 3.26. The maximum atomic E-state index is 13.2. The van der Waals surface area contributed by atoms with E-state index in [2.05, 4.69) is 29.6 Å². The molecule has 1 aliphatic carbocycles. The van der Waals surface area contributed by atoms with E-state index in [4.69, 9.17) is 15.2 Å². The van der Waals surface area contributed by atoms with Crippen molar-refractivity contribution in [2.75, 3.05) is 40.0 Å². The number of urea groups is 1. The smallest absolute Gasteiger partial charge is 0.317 e. The van der Waals surface area contributed by atoms with Crippen molar-refractivity contribution >= 4 is 6.03 Å². The van der Waals surface area contributed by atoms with Crippen molar-refractivity contribution in [3.8, 4) is 0 Å². The van der Waals surface area contributed by atoms with Crippen molar-refractivity contribution in [2.45, 2.75) is 76.4 Å². The average molecular weight is 460 g/mol. The standard InChI is InChI=1S/C27H45N3O3/c1-32-17-8-9-18-33-26(23-13-6-3-7-14-23)24-15-10-16-30(21-24)27(31)29-25(20-28)19-22-11-4-2-5-12-22/h3,6-7,13-14,22,24-26H,2,4-5,8-12,15-21,28H2,1H3,(H,29,31)/t24?,25-,26?/m0/s1. The fraction of sp³-hybridized carbons (Fsp3) is 0.741. The maximum absolute atomic E-state index is 13.2. The number of piperidine rings is 1. The third-order valence-electron chi connectivity index (χ3n) is 7.30. The van der Waals surface area contributed by atoms with Gasteiger partial charge < -0.3 is 25.4 Å². The molecule has 2 fully saturated rings. The average Bonchev–Trinajstić information content (AvgIpc) is 2.87. The van der Waals surface area contributed by atoms with Gasteiger partial charge >= 0.3 is 6.03 Å². The van der Waals surface area contributed by atoms with Gasteiger partial charge in [0.25, 0.3) is 0 Å². The molecule has 0 bridgehead atoms. The summed E-state index contributed by atoms with van der Waals surface area (Å²) < 4.78 is 11.6. The Balaban J connectivity index is 1.56. The van der Waals surface area contributed by atoms with E-state index in [9.17, 15) is 4.79 Å². The van der Waals surface area contributed by atoms with E-state index in [1.54, 1.807) is 7.11 Å². The Labute approximate surface area is 200 Å². The molecule has 3 N–H and O–H groups in total. The van der Waals surface area contributed by atoms with Crippen LogP contribution in [0.1, 0.15) is 75.9 Å². The van der Waals surface area contributed by atoms with Gasteiger partial charge in [0, 0.05) is 51.9 Å². The number of carbonyl (C=O) groups excluding carboxylic acids is 1. The highest BCUT2D eigenvalue weighted by molar-refractivity contribution is 5.74. The molecular weight excluding hydrogens is 414 g/mol. The maximum Gasteiger partial charge on any atom is 0.317 e. The second-order valence-electron chi connectivity index (χ2n) is 9.87. The van der Waals surface area contributed by atoms with E-state index >= 15 is 0 Å². The number of methoxy groups -OCH3 is 1. The van der Waals surface area contributed by atoms with Crippen LogP contribution in [0.25, 0.3) is 0 Å². The van der Waals surface area contributed by atoms with Gasteiger partial charge in [0.1, 0.15) is 0 Å². The lowest BCUT2D eigenvalue weighted by atomic mass is 9.85. The molecule has 186 valence electrons. The molecule has 1 aliphatic heterocycles. The summed E-state index contributed by atoms with van der Waals surface area (Å²) >= 11 is 0. The first-order valence-electron chi connectivity index (χ1n) is 13.1. The summed E-state index contributed by atoms with van der Waals surface area (Å²) in [6.45, 7) is 3.52. The molecule has 0 spiro atoms. The highest BCUT2D eigenvalue weighted by Crippen LogP contribution is 2.33. The SMILES string of the molecule is COCCCCOC(c1ccccc1)C1CCCN(C(=O)N[C@H](CN)CC2CCCCC2)C1. The van der Waals surface area contributed by atoms with E-state index < -0.39 is 0 Å². The van der Waals surface area contributed by atoms with Crippen LogP contribution in [0.15, 0.2) is 30.3 Å². The Morgan fingerprint density at radius 3 is 2.58 bits per heavy atom. The number of hydrogen-bond acceptors (Lipinski definition) is 4. The van der Waals surface area contributed by atoms with E-state index in [-0.39, 0.29) is 18.2 Å². The Kier molecular flexibility index (Phi) is 11.5. The zero-order valence-electron chi connectivity index (χ0n) is 20.6. The van der Waals surface area contributed by atoms with Gasteiger partial charge in [-0.2, -0.15) is 0 Å². The fourth-order valence-corrected chi connectivity index (χ4v) is 5.45. The first-order chi connectivity index (χ1) is 16.2. The molecule has 2 amide bonds. The van der Waals surface area contributed by atoms with Gasteiger partial charge in [-0.05, 0) is 43.6 Å². The number of hydrogen-bond donors (Lipinski definition) is 2. The number of likely N-dealkylation sites (tertiary alicyclic amines) is 1. The highest BCUT2D eigenvalue weighted by atomic mass is 16.5. The molecule has 1 aromatic rings. The topological polar surface area (TPSA) is 76.8 Å². The molecule has 6 heteroatoms. The van der Waals surface area contributed by atoms with Crippen LogP contribution in [0, 0.1) is 11.8 Å². The van der Waals surface area contributed by atoms with Crippen LogP contribution in [0.5, 0.6) is 0 Å². The molecule has 1 saturated carbocycles. The van der Waals surface area contributed by atoms with Crippen LogP contribution < -0.4 is 11.1 Å². The van der Waals surface area contributed by atoms with Crippen molar-refractivity contribution in [1.82, 2.24) is 10.2 Å². The predicted molar refractivity (Wildman–Crippen MR) is 133 cm³/mol. The second-order valence-corrected chi connectivity index (χ2v) is 9.87. The lowest BCUT2D eigenvalue weighted by molar-refractivity contribution is -0.0131. The quantitative estimate of drug-likeness (QED) is 0.436. The number of carbonyl (C=O) groups is 1. The van der Waals surface area contributed by atoms with E-state index in [0.717, 1.165) is 51.8 Å². The van der Waals surface area contributed by atoms with Gasteiger partial charge in [-0.25, -0.2) is 4.79 Å². The molecule has 3 atom stereocenters. The van der Waals surface area contributed by atoms with E-state index in [1.807, 2.05) is 11.0 Å². The molecule has 1 heterocycles. The fourth-order valence-electron chi connectivity index (χ4n) is 5.45.